The maximum Gasteiger partial charge on any atom is 0.155 e. The van der Waals surface area contributed by atoms with E-state index in [9.17, 15) is 15.0 Å². The Bertz CT molecular complexity index is 421. The maximum absolute atomic E-state index is 10.6. The number of aromatic hydroxyl groups is 1. The normalized spacial score (nSPS) is 13.4. The fourth-order valence-corrected chi connectivity index (χ4v) is 2.73. The van der Waals surface area contributed by atoms with E-state index < -0.39 is 16.9 Å². The first kappa shape index (κ1) is 13.9. The highest BCUT2D eigenvalue weighted by Gasteiger charge is 2.23. The van der Waals surface area contributed by atoms with Gasteiger partial charge in [-0.25, -0.2) is 0 Å². The number of phenolic OH excluding ortho intramolecular Hbond substituents is 1. The molecule has 0 aliphatic heterocycles. The van der Waals surface area contributed by atoms with Gasteiger partial charge in [-0.15, -0.1) is 0 Å². The first-order valence-corrected chi connectivity index (χ1v) is 7.18. The van der Waals surface area contributed by atoms with Crippen molar-refractivity contribution in [1.29, 1.82) is 0 Å². The van der Waals surface area contributed by atoms with Crippen molar-refractivity contribution in [3.8, 4) is 5.75 Å². The molecule has 0 amide bonds. The largest absolute Gasteiger partial charge is 0.545 e. The standard InChI is InChI=1S/C13H18O3S/c1-13(2,3)10-7-9(5-6-11(10)14)17(4)8-12(15)16/h5-7H,8H2,1-4H3,(H-,14,15,16). The molecule has 0 aromatic heterocycles. The minimum atomic E-state index is -1.04. The fourth-order valence-electron chi connectivity index (χ4n) is 1.59. The number of hydrogen-bond donors (Lipinski definition) is 1. The summed E-state index contributed by atoms with van der Waals surface area (Å²) in [6.07, 6.45) is 1.87. The van der Waals surface area contributed by atoms with Gasteiger partial charge in [-0.1, -0.05) is 20.8 Å². The smallest absolute Gasteiger partial charge is 0.155 e. The van der Waals surface area contributed by atoms with E-state index in [1.54, 1.807) is 12.1 Å². The number of hydrogen-bond acceptors (Lipinski definition) is 3. The monoisotopic (exact) mass is 254 g/mol. The summed E-state index contributed by atoms with van der Waals surface area (Å²) in [5.74, 6) is -0.762. The average Bonchev–Trinajstić information content (AvgIpc) is 2.15. The van der Waals surface area contributed by atoms with Crippen molar-refractivity contribution < 1.29 is 15.0 Å². The molecule has 1 aromatic rings. The van der Waals surface area contributed by atoms with Gasteiger partial charge in [-0.2, -0.15) is 0 Å². The predicted molar refractivity (Wildman–Crippen MR) is 68.2 cm³/mol. The van der Waals surface area contributed by atoms with Gasteiger partial charge in [0.25, 0.3) is 0 Å². The zero-order valence-corrected chi connectivity index (χ0v) is 11.4. The summed E-state index contributed by atoms with van der Waals surface area (Å²) >= 11 is 0. The molecule has 1 atom stereocenters. The van der Waals surface area contributed by atoms with Crippen LogP contribution >= 0.6 is 0 Å². The van der Waals surface area contributed by atoms with Gasteiger partial charge in [0.2, 0.25) is 0 Å². The molecule has 17 heavy (non-hydrogen) atoms. The van der Waals surface area contributed by atoms with Crippen LogP contribution in [0.4, 0.5) is 0 Å². The number of carbonyl (C=O) groups excluding carboxylic acids is 1. The van der Waals surface area contributed by atoms with Gasteiger partial charge < -0.3 is 15.0 Å². The Balaban J connectivity index is 3.08. The van der Waals surface area contributed by atoms with Crippen LogP contribution in [0.25, 0.3) is 0 Å². The second kappa shape index (κ2) is 5.00. The summed E-state index contributed by atoms with van der Waals surface area (Å²) in [7, 11) is -0.390. The highest BCUT2D eigenvalue weighted by atomic mass is 32.2. The third kappa shape index (κ3) is 3.66. The molecule has 4 heteroatoms. The van der Waals surface area contributed by atoms with E-state index in [0.29, 0.717) is 0 Å². The second-order valence-corrected chi connectivity index (χ2v) is 7.12. The van der Waals surface area contributed by atoms with Gasteiger partial charge in [-0.3, -0.25) is 0 Å². The van der Waals surface area contributed by atoms with E-state index in [1.807, 2.05) is 33.1 Å². The minimum absolute atomic E-state index is 0.0222. The Morgan fingerprint density at radius 1 is 1.41 bits per heavy atom. The van der Waals surface area contributed by atoms with Crippen molar-refractivity contribution in [3.63, 3.8) is 0 Å². The van der Waals surface area contributed by atoms with Crippen LogP contribution in [-0.4, -0.2) is 23.1 Å². The molecule has 1 N–H and O–H groups in total. The lowest BCUT2D eigenvalue weighted by atomic mass is 9.86. The molecule has 3 nitrogen and oxygen atoms in total. The highest BCUT2D eigenvalue weighted by molar-refractivity contribution is 7.96. The van der Waals surface area contributed by atoms with E-state index in [4.69, 9.17) is 0 Å². The number of carboxylic acid groups (broad SMARTS) is 1. The molecule has 1 unspecified atom stereocenters. The lowest BCUT2D eigenvalue weighted by Crippen LogP contribution is -2.30. The molecule has 0 bridgehead atoms. The Kier molecular flexibility index (Phi) is 4.09. The van der Waals surface area contributed by atoms with Crippen molar-refractivity contribution in [2.75, 3.05) is 12.0 Å². The third-order valence-corrected chi connectivity index (χ3v) is 4.24. The highest BCUT2D eigenvalue weighted by Crippen LogP contribution is 2.32. The molecule has 94 valence electrons. The molecular formula is C13H18O3S. The van der Waals surface area contributed by atoms with Gasteiger partial charge in [0, 0.05) is 22.5 Å². The SMILES string of the molecule is C[S+](CC(=O)[O-])c1ccc(O)c(C(C)(C)C)c1. The minimum Gasteiger partial charge on any atom is -0.545 e. The number of phenols is 1. The van der Waals surface area contributed by atoms with Gasteiger partial charge in [-0.05, 0) is 17.5 Å². The summed E-state index contributed by atoms with van der Waals surface area (Å²) in [4.78, 5) is 11.5. The first-order chi connectivity index (χ1) is 7.71. The Morgan fingerprint density at radius 2 is 2.00 bits per heavy atom. The molecule has 1 rings (SSSR count). The Labute approximate surface area is 105 Å². The van der Waals surface area contributed by atoms with Crippen LogP contribution in [0.1, 0.15) is 26.3 Å². The quantitative estimate of drug-likeness (QED) is 0.820. The zero-order valence-electron chi connectivity index (χ0n) is 10.6. The molecule has 0 saturated carbocycles. The van der Waals surface area contributed by atoms with Gasteiger partial charge >= 0.3 is 0 Å². The molecule has 0 fully saturated rings. The summed E-state index contributed by atoms with van der Waals surface area (Å²) in [6, 6.07) is 5.30. The summed E-state index contributed by atoms with van der Waals surface area (Å²) in [6.45, 7) is 6.04. The van der Waals surface area contributed by atoms with Crippen molar-refractivity contribution in [2.24, 2.45) is 0 Å². The Morgan fingerprint density at radius 3 is 2.47 bits per heavy atom. The van der Waals surface area contributed by atoms with Crippen LogP contribution in [0.5, 0.6) is 5.75 Å². The van der Waals surface area contributed by atoms with Crippen LogP contribution in [0.3, 0.4) is 0 Å². The van der Waals surface area contributed by atoms with Crippen molar-refractivity contribution in [2.45, 2.75) is 31.1 Å². The topological polar surface area (TPSA) is 60.4 Å². The summed E-state index contributed by atoms with van der Waals surface area (Å²) in [5, 5.41) is 20.4. The fraction of sp³-hybridized carbons (Fsp3) is 0.462. The number of aliphatic carboxylic acids is 1. The molecule has 0 heterocycles. The van der Waals surface area contributed by atoms with Crippen molar-refractivity contribution >= 4 is 16.9 Å². The predicted octanol–water partition coefficient (Wildman–Crippen LogP) is 1.05. The van der Waals surface area contributed by atoms with Crippen LogP contribution in [0, 0.1) is 0 Å². The van der Waals surface area contributed by atoms with Crippen LogP contribution in [-0.2, 0) is 21.1 Å². The van der Waals surface area contributed by atoms with E-state index >= 15 is 0 Å². The molecule has 0 radical (unpaired) electrons. The maximum atomic E-state index is 10.6. The number of carboxylic acids is 1. The van der Waals surface area contributed by atoms with Crippen LogP contribution in [0.2, 0.25) is 0 Å². The number of rotatable bonds is 3. The van der Waals surface area contributed by atoms with Crippen molar-refractivity contribution in [1.82, 2.24) is 0 Å². The van der Waals surface area contributed by atoms with Crippen LogP contribution < -0.4 is 5.11 Å². The van der Waals surface area contributed by atoms with Crippen LogP contribution in [0.15, 0.2) is 23.1 Å². The zero-order chi connectivity index (χ0) is 13.2. The molecule has 0 aliphatic rings. The number of carbonyl (C=O) groups is 1. The molecule has 0 saturated heterocycles. The summed E-state index contributed by atoms with van der Waals surface area (Å²) < 4.78 is 0. The number of benzene rings is 1. The first-order valence-electron chi connectivity index (χ1n) is 5.37. The summed E-state index contributed by atoms with van der Waals surface area (Å²) in [5.41, 5.74) is 0.680. The molecule has 0 aliphatic carbocycles. The van der Waals surface area contributed by atoms with Gasteiger partial charge in [0.1, 0.15) is 12.0 Å². The second-order valence-electron chi connectivity index (χ2n) is 5.08. The lowest BCUT2D eigenvalue weighted by molar-refractivity contribution is -0.301. The van der Waals surface area contributed by atoms with E-state index in [0.717, 1.165) is 10.5 Å². The molecule has 0 spiro atoms. The third-order valence-electron chi connectivity index (χ3n) is 2.51. The van der Waals surface area contributed by atoms with Gasteiger partial charge in [0.15, 0.2) is 10.6 Å². The van der Waals surface area contributed by atoms with E-state index in [-0.39, 0.29) is 16.9 Å². The van der Waals surface area contributed by atoms with Gasteiger partial charge in [0.05, 0.1) is 5.97 Å². The van der Waals surface area contributed by atoms with E-state index in [1.165, 1.54) is 0 Å². The average molecular weight is 254 g/mol. The molecular weight excluding hydrogens is 236 g/mol. The van der Waals surface area contributed by atoms with E-state index in [2.05, 4.69) is 0 Å². The van der Waals surface area contributed by atoms with Crippen molar-refractivity contribution in [3.05, 3.63) is 23.8 Å². The lowest BCUT2D eigenvalue weighted by Gasteiger charge is -2.20. The molecule has 1 aromatic carbocycles. The Hall–Kier alpha value is -1.16.